The zero-order chi connectivity index (χ0) is 27.1. The first-order valence-corrected chi connectivity index (χ1v) is 12.8. The molecule has 0 aliphatic rings. The summed E-state index contributed by atoms with van der Waals surface area (Å²) < 4.78 is 14.7. The van der Waals surface area contributed by atoms with Crippen molar-refractivity contribution in [2.24, 2.45) is 0 Å². The number of imidazole rings is 1. The predicted molar refractivity (Wildman–Crippen MR) is 148 cm³/mol. The second kappa shape index (κ2) is 12.5. The van der Waals surface area contributed by atoms with Crippen molar-refractivity contribution in [2.45, 2.75) is 45.6 Å². The van der Waals surface area contributed by atoms with E-state index in [0.717, 1.165) is 35.2 Å². The van der Waals surface area contributed by atoms with E-state index < -0.39 is 12.3 Å². The van der Waals surface area contributed by atoms with Gasteiger partial charge in [-0.3, -0.25) is 9.13 Å². The van der Waals surface area contributed by atoms with Gasteiger partial charge in [-0.05, 0) is 41.2 Å². The van der Waals surface area contributed by atoms with Crippen LogP contribution < -0.4 is 5.69 Å². The van der Waals surface area contributed by atoms with E-state index in [0.29, 0.717) is 24.2 Å². The van der Waals surface area contributed by atoms with Crippen LogP contribution in [-0.2, 0) is 29.0 Å². The molecule has 198 valence electrons. The molecule has 0 aliphatic carbocycles. The van der Waals surface area contributed by atoms with Gasteiger partial charge in [0, 0.05) is 19.9 Å². The number of carbonyl (C=O) groups is 1. The van der Waals surface area contributed by atoms with Crippen molar-refractivity contribution in [2.75, 3.05) is 14.2 Å². The van der Waals surface area contributed by atoms with Crippen molar-refractivity contribution in [3.8, 4) is 11.1 Å². The van der Waals surface area contributed by atoms with E-state index in [-0.39, 0.29) is 17.8 Å². The van der Waals surface area contributed by atoms with Crippen LogP contribution in [0.25, 0.3) is 11.1 Å². The number of carboxylic acid groups (broad SMARTS) is 1. The molecule has 0 saturated heterocycles. The molecule has 1 aromatic heterocycles. The standard InChI is InChI=1S/C31H34N2O5/c1-4-5-16-27-28(30(37-2)38-3)33(20-22-12-8-6-9-13-22)31(36)32(27)21-23-17-18-25(26(19-23)29(34)35)24-14-10-7-11-15-24/h6-15,17-19,30H,4-5,16,20-21H2,1-3H3,(H,34,35). The van der Waals surface area contributed by atoms with Crippen molar-refractivity contribution in [1.29, 1.82) is 0 Å². The molecule has 0 radical (unpaired) electrons. The molecule has 7 heteroatoms. The summed E-state index contributed by atoms with van der Waals surface area (Å²) in [4.78, 5) is 26.1. The number of methoxy groups -OCH3 is 2. The molecule has 3 aromatic carbocycles. The Bertz CT molecular complexity index is 1420. The molecular weight excluding hydrogens is 480 g/mol. The van der Waals surface area contributed by atoms with Crippen LogP contribution in [0.4, 0.5) is 0 Å². The Morgan fingerprint density at radius 3 is 2.11 bits per heavy atom. The zero-order valence-electron chi connectivity index (χ0n) is 22.1. The van der Waals surface area contributed by atoms with Gasteiger partial charge in [-0.1, -0.05) is 86.1 Å². The third-order valence-corrected chi connectivity index (χ3v) is 6.72. The molecule has 1 heterocycles. The number of hydrogen-bond donors (Lipinski definition) is 1. The summed E-state index contributed by atoms with van der Waals surface area (Å²) in [6, 6.07) is 24.6. The SMILES string of the molecule is CCCCc1c(C(OC)OC)n(Cc2ccccc2)c(=O)n1Cc1ccc(-c2ccccc2)c(C(=O)O)c1. The molecule has 0 spiro atoms. The third kappa shape index (κ3) is 5.79. The highest BCUT2D eigenvalue weighted by Crippen LogP contribution is 2.27. The van der Waals surface area contributed by atoms with E-state index in [4.69, 9.17) is 9.47 Å². The number of aromatic carboxylic acids is 1. The Kier molecular flexibility index (Phi) is 8.94. The first-order chi connectivity index (χ1) is 18.5. The fraction of sp³-hybridized carbons (Fsp3) is 0.290. The van der Waals surface area contributed by atoms with Crippen LogP contribution in [0.1, 0.15) is 58.9 Å². The molecule has 38 heavy (non-hydrogen) atoms. The number of ether oxygens (including phenoxy) is 2. The maximum Gasteiger partial charge on any atom is 0.336 e. The molecule has 0 unspecified atom stereocenters. The maximum atomic E-state index is 13.9. The smallest absolute Gasteiger partial charge is 0.336 e. The van der Waals surface area contributed by atoms with Crippen LogP contribution >= 0.6 is 0 Å². The van der Waals surface area contributed by atoms with Gasteiger partial charge in [0.25, 0.3) is 0 Å². The molecule has 0 fully saturated rings. The minimum absolute atomic E-state index is 0.182. The van der Waals surface area contributed by atoms with Gasteiger partial charge in [-0.2, -0.15) is 0 Å². The summed E-state index contributed by atoms with van der Waals surface area (Å²) >= 11 is 0. The number of rotatable bonds is 12. The molecular formula is C31H34N2O5. The average Bonchev–Trinajstić information content (AvgIpc) is 3.19. The lowest BCUT2D eigenvalue weighted by Gasteiger charge is -2.18. The van der Waals surface area contributed by atoms with Gasteiger partial charge in [0.2, 0.25) is 0 Å². The Hall–Kier alpha value is -3.94. The summed E-state index contributed by atoms with van der Waals surface area (Å²) in [6.07, 6.45) is 1.79. The van der Waals surface area contributed by atoms with E-state index in [9.17, 15) is 14.7 Å². The van der Waals surface area contributed by atoms with Gasteiger partial charge in [0.15, 0.2) is 6.29 Å². The molecule has 0 bridgehead atoms. The Balaban J connectivity index is 1.84. The molecule has 0 aliphatic heterocycles. The lowest BCUT2D eigenvalue weighted by molar-refractivity contribution is -0.111. The number of unbranched alkanes of at least 4 members (excludes halogenated alkanes) is 1. The van der Waals surface area contributed by atoms with Crippen molar-refractivity contribution in [3.05, 3.63) is 117 Å². The van der Waals surface area contributed by atoms with E-state index in [1.165, 1.54) is 0 Å². The molecule has 4 aromatic rings. The fourth-order valence-electron chi connectivity index (χ4n) is 4.85. The van der Waals surface area contributed by atoms with Gasteiger partial charge in [-0.15, -0.1) is 0 Å². The number of aromatic nitrogens is 2. The number of benzene rings is 3. The fourth-order valence-corrected chi connectivity index (χ4v) is 4.85. The molecule has 4 rings (SSSR count). The molecule has 0 amide bonds. The third-order valence-electron chi connectivity index (χ3n) is 6.72. The highest BCUT2D eigenvalue weighted by atomic mass is 16.7. The maximum absolute atomic E-state index is 13.9. The monoisotopic (exact) mass is 514 g/mol. The Morgan fingerprint density at radius 2 is 1.50 bits per heavy atom. The van der Waals surface area contributed by atoms with Crippen LogP contribution in [0.2, 0.25) is 0 Å². The summed E-state index contributed by atoms with van der Waals surface area (Å²) in [5.41, 5.74) is 4.74. The number of nitrogens with zero attached hydrogens (tertiary/aromatic N) is 2. The summed E-state index contributed by atoms with van der Waals surface area (Å²) in [7, 11) is 3.13. The predicted octanol–water partition coefficient (Wildman–Crippen LogP) is 5.75. The van der Waals surface area contributed by atoms with Crippen molar-refractivity contribution in [1.82, 2.24) is 9.13 Å². The lowest BCUT2D eigenvalue weighted by Crippen LogP contribution is -2.27. The quantitative estimate of drug-likeness (QED) is 0.244. The molecule has 7 nitrogen and oxygen atoms in total. The first-order valence-electron chi connectivity index (χ1n) is 12.8. The highest BCUT2D eigenvalue weighted by Gasteiger charge is 2.27. The van der Waals surface area contributed by atoms with Gasteiger partial charge >= 0.3 is 11.7 Å². The summed E-state index contributed by atoms with van der Waals surface area (Å²) in [5.74, 6) is -1.01. The molecule has 0 saturated carbocycles. The normalized spacial score (nSPS) is 11.3. The van der Waals surface area contributed by atoms with E-state index >= 15 is 0 Å². The largest absolute Gasteiger partial charge is 0.478 e. The number of carboxylic acids is 1. The van der Waals surface area contributed by atoms with Crippen LogP contribution in [0.15, 0.2) is 83.7 Å². The number of hydrogen-bond acceptors (Lipinski definition) is 4. The van der Waals surface area contributed by atoms with Gasteiger partial charge < -0.3 is 14.6 Å². The second-order valence-electron chi connectivity index (χ2n) is 9.23. The summed E-state index contributed by atoms with van der Waals surface area (Å²) in [5, 5.41) is 9.99. The minimum atomic E-state index is -1.01. The van der Waals surface area contributed by atoms with Crippen LogP contribution in [-0.4, -0.2) is 34.4 Å². The van der Waals surface area contributed by atoms with E-state index in [1.54, 1.807) is 29.4 Å². The van der Waals surface area contributed by atoms with Crippen LogP contribution in [0.3, 0.4) is 0 Å². The summed E-state index contributed by atoms with van der Waals surface area (Å²) in [6.45, 7) is 2.72. The first kappa shape index (κ1) is 27.1. The topological polar surface area (TPSA) is 82.7 Å². The second-order valence-corrected chi connectivity index (χ2v) is 9.23. The lowest BCUT2D eigenvalue weighted by atomic mass is 9.97. The highest BCUT2D eigenvalue weighted by molar-refractivity contribution is 5.96. The Morgan fingerprint density at radius 1 is 0.868 bits per heavy atom. The van der Waals surface area contributed by atoms with Gasteiger partial charge in [-0.25, -0.2) is 9.59 Å². The van der Waals surface area contributed by atoms with Crippen LogP contribution in [0.5, 0.6) is 0 Å². The van der Waals surface area contributed by atoms with Crippen molar-refractivity contribution < 1.29 is 19.4 Å². The van der Waals surface area contributed by atoms with E-state index in [2.05, 4.69) is 6.92 Å². The van der Waals surface area contributed by atoms with Crippen molar-refractivity contribution in [3.63, 3.8) is 0 Å². The Labute approximate surface area is 222 Å². The van der Waals surface area contributed by atoms with Crippen LogP contribution in [0, 0.1) is 0 Å². The average molecular weight is 515 g/mol. The van der Waals surface area contributed by atoms with Crippen molar-refractivity contribution >= 4 is 5.97 Å². The zero-order valence-corrected chi connectivity index (χ0v) is 22.1. The van der Waals surface area contributed by atoms with Gasteiger partial charge in [0.1, 0.15) is 0 Å². The van der Waals surface area contributed by atoms with Gasteiger partial charge in [0.05, 0.1) is 24.3 Å². The molecule has 0 atom stereocenters. The minimum Gasteiger partial charge on any atom is -0.478 e. The molecule has 1 N–H and O–H groups in total. The van der Waals surface area contributed by atoms with E-state index in [1.807, 2.05) is 72.8 Å².